The van der Waals surface area contributed by atoms with Crippen molar-refractivity contribution < 1.29 is 33.3 Å². The third kappa shape index (κ3) is 9.62. The number of carbonyl (C=O) groups excluding carboxylic acids is 2. The summed E-state index contributed by atoms with van der Waals surface area (Å²) in [4.78, 5) is 40.0. The molecule has 1 heterocycles. The molecule has 0 aromatic heterocycles. The first-order valence-corrected chi connectivity index (χ1v) is 19.4. The van der Waals surface area contributed by atoms with Gasteiger partial charge in [0.25, 0.3) is 0 Å². The highest BCUT2D eigenvalue weighted by atomic mass is 35.5. The molecule has 0 saturated carbocycles. The van der Waals surface area contributed by atoms with Crippen molar-refractivity contribution in [1.82, 2.24) is 4.90 Å². The van der Waals surface area contributed by atoms with E-state index >= 15 is 0 Å². The van der Waals surface area contributed by atoms with Crippen molar-refractivity contribution in [3.05, 3.63) is 101 Å². The van der Waals surface area contributed by atoms with E-state index in [-0.39, 0.29) is 18.3 Å². The van der Waals surface area contributed by atoms with Gasteiger partial charge in [0.15, 0.2) is 8.32 Å². The highest BCUT2D eigenvalue weighted by Crippen LogP contribution is 2.43. The van der Waals surface area contributed by atoms with Gasteiger partial charge in [0.05, 0.1) is 23.2 Å². The van der Waals surface area contributed by atoms with Crippen LogP contribution in [0, 0.1) is 0 Å². The van der Waals surface area contributed by atoms with E-state index < -0.39 is 26.4 Å². The summed E-state index contributed by atoms with van der Waals surface area (Å²) in [6.45, 7) is 11.0. The first-order valence-electron chi connectivity index (χ1n) is 16.1. The molecule has 0 spiro atoms. The summed E-state index contributed by atoms with van der Waals surface area (Å²) in [6.07, 6.45) is 1.03. The Morgan fingerprint density at radius 1 is 0.936 bits per heavy atom. The number of halogens is 1. The molecule has 1 aliphatic rings. The summed E-state index contributed by atoms with van der Waals surface area (Å²) in [6, 6.07) is 23.8. The van der Waals surface area contributed by atoms with Crippen LogP contribution in [0.25, 0.3) is 5.57 Å². The number of rotatable bonds is 14. The monoisotopic (exact) mass is 679 g/mol. The molecule has 1 aliphatic heterocycles. The fourth-order valence-corrected chi connectivity index (χ4v) is 6.34. The maximum Gasteiger partial charge on any atom is 0.410 e. The number of esters is 1. The fourth-order valence-electron chi connectivity index (χ4n) is 5.40. The van der Waals surface area contributed by atoms with Crippen molar-refractivity contribution in [2.24, 2.45) is 0 Å². The predicted octanol–water partition coefficient (Wildman–Crippen LogP) is 8.28. The van der Waals surface area contributed by atoms with E-state index in [0.717, 1.165) is 16.7 Å². The Bertz CT molecular complexity index is 1520. The normalized spacial score (nSPS) is 15.3. The van der Waals surface area contributed by atoms with E-state index in [4.69, 9.17) is 30.5 Å². The second-order valence-electron chi connectivity index (χ2n) is 12.7. The predicted molar refractivity (Wildman–Crippen MR) is 187 cm³/mol. The van der Waals surface area contributed by atoms with Crippen LogP contribution < -0.4 is 9.47 Å². The zero-order chi connectivity index (χ0) is 34.0. The van der Waals surface area contributed by atoms with Crippen molar-refractivity contribution in [3.8, 4) is 11.5 Å². The minimum atomic E-state index is -2.56. The average molecular weight is 680 g/mol. The molecule has 8 nitrogen and oxygen atoms in total. The lowest BCUT2D eigenvalue weighted by atomic mass is 9.85. The van der Waals surface area contributed by atoms with Gasteiger partial charge in [0.2, 0.25) is 0 Å². The van der Waals surface area contributed by atoms with E-state index in [1.54, 1.807) is 24.0 Å². The van der Waals surface area contributed by atoms with Gasteiger partial charge in [-0.3, -0.25) is 0 Å². The van der Waals surface area contributed by atoms with Crippen LogP contribution in [-0.2, 0) is 20.9 Å². The van der Waals surface area contributed by atoms with Gasteiger partial charge in [-0.05, 0) is 85.3 Å². The number of nitrogens with zero attached hydrogens (tertiary/aromatic N) is 1. The molecule has 10 heteroatoms. The molecule has 1 unspecified atom stereocenters. The Kier molecular flexibility index (Phi) is 12.5. The van der Waals surface area contributed by atoms with Gasteiger partial charge in [-0.25, -0.2) is 9.59 Å². The van der Waals surface area contributed by atoms with Gasteiger partial charge < -0.3 is 28.6 Å². The van der Waals surface area contributed by atoms with E-state index in [2.05, 4.69) is 0 Å². The van der Waals surface area contributed by atoms with Crippen molar-refractivity contribution >= 4 is 37.6 Å². The topological polar surface area (TPSA) is 94.5 Å². The lowest BCUT2D eigenvalue weighted by Gasteiger charge is -2.41. The average Bonchev–Trinajstić information content (AvgIpc) is 3.05. The first kappa shape index (κ1) is 36.1. The quantitative estimate of drug-likeness (QED) is 0.104. The number of amides is 1. The summed E-state index contributed by atoms with van der Waals surface area (Å²) in [5, 5.41) is 0.181. The zero-order valence-electron chi connectivity index (χ0n) is 28.0. The summed E-state index contributed by atoms with van der Waals surface area (Å²) in [5.41, 5.74) is 3.01. The maximum absolute atomic E-state index is 13.7. The molecule has 47 heavy (non-hydrogen) atoms. The number of carbonyl (C=O) groups is 2. The van der Waals surface area contributed by atoms with E-state index in [0.29, 0.717) is 61.1 Å². The molecule has 1 N–H and O–H groups in total. The van der Waals surface area contributed by atoms with Crippen LogP contribution in [0.3, 0.4) is 0 Å². The highest BCUT2D eigenvalue weighted by Gasteiger charge is 2.42. The summed E-state index contributed by atoms with van der Waals surface area (Å²) >= 11 is 6.16. The summed E-state index contributed by atoms with van der Waals surface area (Å²) < 4.78 is 23.0. The number of hydrogen-bond acceptors (Lipinski definition) is 7. The molecule has 4 rings (SSSR count). The molecular formula is C37H46ClNO7Si. The zero-order valence-corrected chi connectivity index (χ0v) is 29.7. The standard InChI is InChI=1S/C37H46ClNO7Si/c1-6-43-35(40)34-30(28-16-18-29(19-17-28)44-24-25-45-33-15-11-10-14-31(33)38)21-23-39(32(34)20-22-37(2,3)47(4,5)42)36(41)46-26-27-12-8-7-9-13-27/h7-19,32,42H,6,20-26H2,1-5H3. The number of benzene rings is 3. The molecule has 0 bridgehead atoms. The van der Waals surface area contributed by atoms with Crippen LogP contribution in [0.15, 0.2) is 84.4 Å². The summed E-state index contributed by atoms with van der Waals surface area (Å²) in [7, 11) is -2.56. The van der Waals surface area contributed by atoms with Crippen molar-refractivity contribution in [2.75, 3.05) is 26.4 Å². The lowest BCUT2D eigenvalue weighted by molar-refractivity contribution is -0.139. The second kappa shape index (κ2) is 16.3. The molecule has 0 radical (unpaired) electrons. The maximum atomic E-state index is 13.7. The molecule has 0 saturated heterocycles. The minimum absolute atomic E-state index is 0.126. The SMILES string of the molecule is CCOC(=O)C1=C(c2ccc(OCCOc3ccccc3Cl)cc2)CCN(C(=O)OCc2ccccc2)C1CCC(C)(C)[Si](C)(C)O. The smallest absolute Gasteiger partial charge is 0.410 e. The van der Waals surface area contributed by atoms with E-state index in [1.165, 1.54) is 0 Å². The van der Waals surface area contributed by atoms with Crippen LogP contribution in [0.2, 0.25) is 23.2 Å². The minimum Gasteiger partial charge on any atom is -0.490 e. The fraction of sp³-hybridized carbons (Fsp3) is 0.405. The van der Waals surface area contributed by atoms with Gasteiger partial charge in [0, 0.05) is 6.54 Å². The van der Waals surface area contributed by atoms with Crippen molar-refractivity contribution in [3.63, 3.8) is 0 Å². The number of para-hydroxylation sites is 1. The van der Waals surface area contributed by atoms with Crippen molar-refractivity contribution in [1.29, 1.82) is 0 Å². The molecule has 3 aromatic carbocycles. The molecule has 1 amide bonds. The number of ether oxygens (including phenoxy) is 4. The van der Waals surface area contributed by atoms with Crippen molar-refractivity contribution in [2.45, 2.75) is 70.8 Å². The Morgan fingerprint density at radius 2 is 1.60 bits per heavy atom. The van der Waals surface area contributed by atoms with Gasteiger partial charge in [-0.1, -0.05) is 80.0 Å². The van der Waals surface area contributed by atoms with Crippen LogP contribution >= 0.6 is 11.6 Å². The highest BCUT2D eigenvalue weighted by molar-refractivity contribution is 6.72. The second-order valence-corrected chi connectivity index (χ2v) is 17.6. The van der Waals surface area contributed by atoms with Gasteiger partial charge >= 0.3 is 12.1 Å². The Balaban J connectivity index is 1.58. The number of hydrogen-bond donors (Lipinski definition) is 1. The first-order chi connectivity index (χ1) is 22.4. The Labute approximate surface area is 284 Å². The van der Waals surface area contributed by atoms with Gasteiger partial charge in [-0.2, -0.15) is 0 Å². The summed E-state index contributed by atoms with van der Waals surface area (Å²) in [5.74, 6) is 0.804. The Hall–Kier alpha value is -3.79. The van der Waals surface area contributed by atoms with Gasteiger partial charge in [0.1, 0.15) is 31.3 Å². The third-order valence-electron chi connectivity index (χ3n) is 8.92. The molecule has 1 atom stereocenters. The lowest BCUT2D eigenvalue weighted by Crippen LogP contribution is -2.48. The van der Waals surface area contributed by atoms with Crippen LogP contribution in [0.4, 0.5) is 4.79 Å². The molecule has 0 fully saturated rings. The molecular weight excluding hydrogens is 634 g/mol. The molecule has 0 aliphatic carbocycles. The largest absolute Gasteiger partial charge is 0.490 e. The van der Waals surface area contributed by atoms with Crippen LogP contribution in [0.1, 0.15) is 51.2 Å². The van der Waals surface area contributed by atoms with Gasteiger partial charge in [-0.15, -0.1) is 0 Å². The van der Waals surface area contributed by atoms with E-state index in [9.17, 15) is 14.4 Å². The van der Waals surface area contributed by atoms with E-state index in [1.807, 2.05) is 93.7 Å². The van der Waals surface area contributed by atoms with Crippen LogP contribution in [0.5, 0.6) is 11.5 Å². The van der Waals surface area contributed by atoms with Crippen LogP contribution in [-0.4, -0.2) is 62.5 Å². The molecule has 252 valence electrons. The third-order valence-corrected chi connectivity index (χ3v) is 12.8. The molecule has 3 aromatic rings. The Morgan fingerprint density at radius 3 is 2.26 bits per heavy atom.